The third kappa shape index (κ3) is 4.99. The highest BCUT2D eigenvalue weighted by Gasteiger charge is 2.33. The molecule has 2 aromatic heterocycles. The Labute approximate surface area is 199 Å². The molecule has 3 heterocycles. The molecule has 1 aliphatic heterocycles. The van der Waals surface area contributed by atoms with Crippen molar-refractivity contribution in [2.45, 2.75) is 11.8 Å². The molecule has 0 spiro atoms. The maximum Gasteiger partial charge on any atom is 0.280 e. The van der Waals surface area contributed by atoms with Crippen LogP contribution in [0.25, 0.3) is 0 Å². The molecule has 1 N–H and O–H groups in total. The van der Waals surface area contributed by atoms with E-state index in [9.17, 15) is 28.6 Å². The smallest absolute Gasteiger partial charge is 0.280 e. The number of rotatable bonds is 7. The van der Waals surface area contributed by atoms with Crippen LogP contribution in [0.5, 0.6) is 0 Å². The second-order valence-electron chi connectivity index (χ2n) is 7.59. The summed E-state index contributed by atoms with van der Waals surface area (Å²) in [4.78, 5) is 35.0. The van der Waals surface area contributed by atoms with Gasteiger partial charge in [0.15, 0.2) is 0 Å². The van der Waals surface area contributed by atoms with E-state index >= 15 is 0 Å². The fraction of sp³-hybridized carbons (Fsp3) is 0.250. The quantitative estimate of drug-likeness (QED) is 0.371. The summed E-state index contributed by atoms with van der Waals surface area (Å²) in [6.07, 6.45) is 3.02. The highest BCUT2D eigenvalue weighted by molar-refractivity contribution is 7.89. The van der Waals surface area contributed by atoms with Crippen LogP contribution in [-0.4, -0.2) is 63.7 Å². The predicted molar refractivity (Wildman–Crippen MR) is 125 cm³/mol. The molecule has 1 aliphatic rings. The van der Waals surface area contributed by atoms with Gasteiger partial charge in [0, 0.05) is 50.6 Å². The number of nitro benzene ring substituents is 2. The monoisotopic (exact) mass is 500 g/mol. The highest BCUT2D eigenvalue weighted by Crippen LogP contribution is 2.33. The fourth-order valence-electron chi connectivity index (χ4n) is 3.65. The molecule has 3 aromatic rings. The van der Waals surface area contributed by atoms with Crippen LogP contribution >= 0.6 is 0 Å². The molecule has 4 rings (SSSR count). The highest BCUT2D eigenvalue weighted by atomic mass is 32.2. The minimum Gasteiger partial charge on any atom is -0.354 e. The summed E-state index contributed by atoms with van der Waals surface area (Å²) < 4.78 is 27.5. The maximum atomic E-state index is 13.2. The van der Waals surface area contributed by atoms with Crippen LogP contribution in [0, 0.1) is 27.2 Å². The number of anilines is 3. The Bertz CT molecular complexity index is 1340. The zero-order valence-electron chi connectivity index (χ0n) is 18.4. The Hall–Kier alpha value is -4.24. The van der Waals surface area contributed by atoms with Crippen LogP contribution in [0.2, 0.25) is 0 Å². The molecule has 1 aromatic carbocycles. The van der Waals surface area contributed by atoms with Crippen LogP contribution in [-0.2, 0) is 10.0 Å². The van der Waals surface area contributed by atoms with Gasteiger partial charge in [-0.15, -0.1) is 0 Å². The second-order valence-corrected chi connectivity index (χ2v) is 9.53. The zero-order chi connectivity index (χ0) is 25.2. The largest absolute Gasteiger partial charge is 0.354 e. The first-order chi connectivity index (χ1) is 16.7. The van der Waals surface area contributed by atoms with Gasteiger partial charge in [0.25, 0.3) is 11.4 Å². The summed E-state index contributed by atoms with van der Waals surface area (Å²) >= 11 is 0. The summed E-state index contributed by atoms with van der Waals surface area (Å²) in [5.41, 5.74) is -1.45. The summed E-state index contributed by atoms with van der Waals surface area (Å²) in [5.74, 6) is 1.70. The molecule has 14 nitrogen and oxygen atoms in total. The van der Waals surface area contributed by atoms with E-state index in [1.165, 1.54) is 13.3 Å². The van der Waals surface area contributed by atoms with Crippen molar-refractivity contribution in [3.05, 3.63) is 74.7 Å². The molecule has 0 radical (unpaired) electrons. The number of hydrogen-bond acceptors (Lipinski definition) is 11. The van der Waals surface area contributed by atoms with Crippen molar-refractivity contribution < 1.29 is 18.3 Å². The maximum absolute atomic E-state index is 13.2. The number of nitrogens with zero attached hydrogens (tertiary/aromatic N) is 7. The Morgan fingerprint density at radius 3 is 2.14 bits per heavy atom. The van der Waals surface area contributed by atoms with Gasteiger partial charge in [0.05, 0.1) is 14.7 Å². The number of pyridine rings is 1. The molecule has 0 unspecified atom stereocenters. The van der Waals surface area contributed by atoms with Gasteiger partial charge in [-0.25, -0.2) is 23.4 Å². The minimum atomic E-state index is -4.20. The van der Waals surface area contributed by atoms with Gasteiger partial charge >= 0.3 is 0 Å². The molecule has 182 valence electrons. The van der Waals surface area contributed by atoms with Crippen molar-refractivity contribution in [1.82, 2.24) is 19.3 Å². The second kappa shape index (κ2) is 9.55. The lowest BCUT2D eigenvalue weighted by molar-refractivity contribution is -0.395. The van der Waals surface area contributed by atoms with Crippen molar-refractivity contribution in [3.63, 3.8) is 0 Å². The van der Waals surface area contributed by atoms with Crippen molar-refractivity contribution in [2.24, 2.45) is 0 Å². The average Bonchev–Trinajstić information content (AvgIpc) is 2.84. The van der Waals surface area contributed by atoms with Crippen molar-refractivity contribution in [3.8, 4) is 0 Å². The van der Waals surface area contributed by atoms with E-state index in [0.717, 1.165) is 16.4 Å². The van der Waals surface area contributed by atoms with E-state index in [1.54, 1.807) is 24.4 Å². The summed E-state index contributed by atoms with van der Waals surface area (Å²) in [6, 6.07) is 8.84. The Morgan fingerprint density at radius 2 is 1.57 bits per heavy atom. The van der Waals surface area contributed by atoms with E-state index in [2.05, 4.69) is 20.3 Å². The van der Waals surface area contributed by atoms with Crippen molar-refractivity contribution in [2.75, 3.05) is 36.4 Å². The predicted octanol–water partition coefficient (Wildman–Crippen LogP) is 2.25. The molecule has 1 saturated heterocycles. The van der Waals surface area contributed by atoms with Gasteiger partial charge in [-0.1, -0.05) is 6.07 Å². The number of hydrogen-bond donors (Lipinski definition) is 1. The first kappa shape index (κ1) is 23.9. The number of aromatic nitrogens is 3. The lowest BCUT2D eigenvalue weighted by atomic mass is 10.1. The first-order valence-electron chi connectivity index (χ1n) is 10.4. The van der Waals surface area contributed by atoms with E-state index in [0.29, 0.717) is 17.5 Å². The van der Waals surface area contributed by atoms with Gasteiger partial charge in [0.2, 0.25) is 10.0 Å². The standard InChI is InChI=1S/C20H20N8O6S/c1-14-16(27(29)30)10-15(11-17(14)28(31)32)35(33,34)26-8-6-25(7-9-26)20-12-19(22-13-23-20)24-18-4-2-3-5-21-18/h2-5,10-13H,6-9H2,1H3,(H,21,22,23,24). The normalized spacial score (nSPS) is 14.5. The zero-order valence-corrected chi connectivity index (χ0v) is 19.3. The summed E-state index contributed by atoms with van der Waals surface area (Å²) in [7, 11) is -4.20. The van der Waals surface area contributed by atoms with Gasteiger partial charge in [0.1, 0.15) is 29.3 Å². The van der Waals surface area contributed by atoms with Crippen molar-refractivity contribution in [1.29, 1.82) is 0 Å². The van der Waals surface area contributed by atoms with E-state index in [1.807, 2.05) is 11.0 Å². The molecule has 0 atom stereocenters. The third-order valence-electron chi connectivity index (χ3n) is 5.49. The lowest BCUT2D eigenvalue weighted by Crippen LogP contribution is -2.49. The Kier molecular flexibility index (Phi) is 6.52. The van der Waals surface area contributed by atoms with E-state index in [4.69, 9.17) is 0 Å². The average molecular weight is 500 g/mol. The fourth-order valence-corrected chi connectivity index (χ4v) is 5.11. The molecule has 0 saturated carbocycles. The van der Waals surface area contributed by atoms with Crippen LogP contribution in [0.15, 0.2) is 53.8 Å². The number of benzene rings is 1. The number of nitro groups is 2. The van der Waals surface area contributed by atoms with Gasteiger partial charge in [-0.2, -0.15) is 4.31 Å². The molecule has 35 heavy (non-hydrogen) atoms. The van der Waals surface area contributed by atoms with Crippen molar-refractivity contribution >= 4 is 38.9 Å². The molecular weight excluding hydrogens is 480 g/mol. The minimum absolute atomic E-state index is 0.0603. The van der Waals surface area contributed by atoms with E-state index < -0.39 is 36.1 Å². The summed E-state index contributed by atoms with van der Waals surface area (Å²) in [5, 5.41) is 25.7. The Balaban J connectivity index is 1.51. The van der Waals surface area contributed by atoms with Gasteiger partial charge < -0.3 is 10.2 Å². The molecule has 0 amide bonds. The molecule has 1 fully saturated rings. The van der Waals surface area contributed by atoms with Crippen LogP contribution < -0.4 is 10.2 Å². The molecule has 0 aliphatic carbocycles. The van der Waals surface area contributed by atoms with Crippen LogP contribution in [0.1, 0.15) is 5.56 Å². The van der Waals surface area contributed by atoms with Gasteiger partial charge in [-0.05, 0) is 19.1 Å². The molecular formula is C20H20N8O6S. The number of sulfonamides is 1. The topological polar surface area (TPSA) is 178 Å². The number of nitrogens with one attached hydrogen (secondary N) is 1. The third-order valence-corrected chi connectivity index (χ3v) is 7.37. The van der Waals surface area contributed by atoms with Crippen LogP contribution in [0.3, 0.4) is 0 Å². The molecule has 0 bridgehead atoms. The number of piperazine rings is 1. The van der Waals surface area contributed by atoms with Gasteiger partial charge in [-0.3, -0.25) is 20.2 Å². The Morgan fingerprint density at radius 1 is 0.914 bits per heavy atom. The first-order valence-corrected chi connectivity index (χ1v) is 11.8. The lowest BCUT2D eigenvalue weighted by Gasteiger charge is -2.34. The summed E-state index contributed by atoms with van der Waals surface area (Å²) in [6.45, 7) is 1.91. The molecule has 15 heteroatoms. The van der Waals surface area contributed by atoms with E-state index in [-0.39, 0.29) is 31.7 Å². The SMILES string of the molecule is Cc1c([N+](=O)[O-])cc(S(=O)(=O)N2CCN(c3cc(Nc4ccccn4)ncn3)CC2)cc1[N+](=O)[O-]. The van der Waals surface area contributed by atoms with Crippen LogP contribution in [0.4, 0.5) is 28.8 Å².